The largest absolute Gasteiger partial charge is 0.356 e. The molecule has 0 aliphatic heterocycles. The van der Waals surface area contributed by atoms with E-state index in [1.807, 2.05) is 36.4 Å². The Morgan fingerprint density at radius 3 is 2.14 bits per heavy atom. The molecule has 2 aromatic carbocycles. The Hall–Kier alpha value is -3.59. The van der Waals surface area contributed by atoms with Crippen molar-refractivity contribution in [1.29, 1.82) is 15.8 Å². The van der Waals surface area contributed by atoms with Gasteiger partial charge >= 0.3 is 0 Å². The maximum Gasteiger partial charge on any atom is 0.148 e. The zero-order valence-electron chi connectivity index (χ0n) is 16.0. The van der Waals surface area contributed by atoms with Crippen molar-refractivity contribution in [2.24, 2.45) is 5.73 Å². The van der Waals surface area contributed by atoms with Gasteiger partial charge in [0.15, 0.2) is 0 Å². The summed E-state index contributed by atoms with van der Waals surface area (Å²) < 4.78 is 0. The van der Waals surface area contributed by atoms with Crippen LogP contribution in [0.5, 0.6) is 0 Å². The molecule has 5 heteroatoms. The van der Waals surface area contributed by atoms with Crippen LogP contribution in [0, 0.1) is 34.0 Å². The summed E-state index contributed by atoms with van der Waals surface area (Å²) in [5, 5.41) is 27.4. The molecule has 140 valence electrons. The average Bonchev–Trinajstić information content (AvgIpc) is 2.73. The van der Waals surface area contributed by atoms with E-state index in [0.29, 0.717) is 5.56 Å². The molecule has 5 nitrogen and oxygen atoms in total. The molecule has 0 spiro atoms. The number of nitrogens with zero attached hydrogens (tertiary/aromatic N) is 4. The van der Waals surface area contributed by atoms with Crippen molar-refractivity contribution in [1.82, 2.24) is 0 Å². The second kappa shape index (κ2) is 10.5. The summed E-state index contributed by atoms with van der Waals surface area (Å²) in [4.78, 5) is 2.16. The molecular formula is C23H23N5. The second-order valence-electron chi connectivity index (χ2n) is 6.42. The van der Waals surface area contributed by atoms with E-state index in [2.05, 4.69) is 24.0 Å². The van der Waals surface area contributed by atoms with E-state index in [4.69, 9.17) is 16.3 Å². The van der Waals surface area contributed by atoms with Gasteiger partial charge in [0, 0.05) is 12.2 Å². The van der Waals surface area contributed by atoms with Gasteiger partial charge in [-0.05, 0) is 36.1 Å². The zero-order chi connectivity index (χ0) is 20.4. The summed E-state index contributed by atoms with van der Waals surface area (Å²) in [5.41, 5.74) is 9.07. The third kappa shape index (κ3) is 5.21. The molecule has 0 aliphatic carbocycles. The third-order valence-electron chi connectivity index (χ3n) is 4.54. The Balaban J connectivity index is 2.28. The fraction of sp³-hybridized carbons (Fsp3) is 0.261. The van der Waals surface area contributed by atoms with E-state index in [0.717, 1.165) is 31.5 Å². The maximum atomic E-state index is 9.32. The quantitative estimate of drug-likeness (QED) is 0.556. The van der Waals surface area contributed by atoms with Gasteiger partial charge in [-0.2, -0.15) is 15.8 Å². The number of rotatable bonds is 8. The second-order valence-corrected chi connectivity index (χ2v) is 6.42. The van der Waals surface area contributed by atoms with Crippen molar-refractivity contribution in [3.05, 3.63) is 71.3 Å². The molecule has 1 atom stereocenters. The molecule has 0 saturated carbocycles. The molecule has 0 amide bonds. The van der Waals surface area contributed by atoms with Crippen molar-refractivity contribution >= 4 is 11.3 Å². The predicted octanol–water partition coefficient (Wildman–Crippen LogP) is 4.14. The molecule has 2 aromatic rings. The summed E-state index contributed by atoms with van der Waals surface area (Å²) in [6.45, 7) is 2.88. The van der Waals surface area contributed by atoms with Crippen molar-refractivity contribution in [3.8, 4) is 18.2 Å². The normalized spacial score (nSPS) is 10.8. The van der Waals surface area contributed by atoms with Crippen molar-refractivity contribution < 1.29 is 0 Å². The first-order valence-electron chi connectivity index (χ1n) is 9.25. The fourth-order valence-corrected chi connectivity index (χ4v) is 3.05. The van der Waals surface area contributed by atoms with Gasteiger partial charge < -0.3 is 10.6 Å². The summed E-state index contributed by atoms with van der Waals surface area (Å²) in [6, 6.07) is 23.1. The average molecular weight is 369 g/mol. The molecule has 1 unspecified atom stereocenters. The lowest BCUT2D eigenvalue weighted by molar-refractivity contribution is 0.559. The molecular weight excluding hydrogens is 346 g/mol. The van der Waals surface area contributed by atoms with Gasteiger partial charge in [-0.25, -0.2) is 0 Å². The molecule has 0 saturated heterocycles. The fourth-order valence-electron chi connectivity index (χ4n) is 3.05. The Kier molecular flexibility index (Phi) is 7.79. The molecule has 0 fully saturated rings. The van der Waals surface area contributed by atoms with Crippen molar-refractivity contribution in [2.45, 2.75) is 32.4 Å². The van der Waals surface area contributed by atoms with E-state index < -0.39 is 0 Å². The van der Waals surface area contributed by atoms with Gasteiger partial charge in [0.2, 0.25) is 0 Å². The molecule has 0 heterocycles. The standard InChI is InChI=1S/C23H23N5/c1-2-6-23(27)28(14-13-18-7-4-3-5-8-18)21-11-9-19(10-12-21)22(17-26)20(15-24)16-25/h3-5,7-12,23H,2,6,13-14,27H2,1H3. The lowest BCUT2D eigenvalue weighted by atomic mass is 10.0. The van der Waals surface area contributed by atoms with Gasteiger partial charge in [-0.3, -0.25) is 0 Å². The third-order valence-corrected chi connectivity index (χ3v) is 4.54. The molecule has 28 heavy (non-hydrogen) atoms. The Morgan fingerprint density at radius 2 is 1.61 bits per heavy atom. The minimum absolute atomic E-state index is 0.0882. The highest BCUT2D eigenvalue weighted by molar-refractivity contribution is 5.84. The first-order chi connectivity index (χ1) is 13.6. The van der Waals surface area contributed by atoms with Crippen LogP contribution in [0.4, 0.5) is 5.69 Å². The van der Waals surface area contributed by atoms with E-state index >= 15 is 0 Å². The Bertz CT molecular complexity index is 908. The lowest BCUT2D eigenvalue weighted by Gasteiger charge is -2.31. The molecule has 0 bridgehead atoms. The summed E-state index contributed by atoms with van der Waals surface area (Å²) in [7, 11) is 0. The molecule has 0 radical (unpaired) electrons. The van der Waals surface area contributed by atoms with Crippen LogP contribution >= 0.6 is 0 Å². The van der Waals surface area contributed by atoms with E-state index in [1.165, 1.54) is 5.56 Å². The smallest absolute Gasteiger partial charge is 0.148 e. The highest BCUT2D eigenvalue weighted by Crippen LogP contribution is 2.24. The van der Waals surface area contributed by atoms with Gasteiger partial charge in [0.1, 0.15) is 23.8 Å². The monoisotopic (exact) mass is 369 g/mol. The highest BCUT2D eigenvalue weighted by Gasteiger charge is 2.15. The number of hydrogen-bond donors (Lipinski definition) is 1. The zero-order valence-corrected chi connectivity index (χ0v) is 16.0. The van der Waals surface area contributed by atoms with Crippen LogP contribution in [0.15, 0.2) is 60.2 Å². The molecule has 2 rings (SSSR count). The number of allylic oxidation sites excluding steroid dienone is 2. The first-order valence-corrected chi connectivity index (χ1v) is 9.25. The van der Waals surface area contributed by atoms with E-state index in [-0.39, 0.29) is 17.3 Å². The minimum atomic E-state index is -0.182. The maximum absolute atomic E-state index is 9.32. The SMILES string of the molecule is CCCC(N)N(CCc1ccccc1)c1ccc(C(C#N)=C(C#N)C#N)cc1. The van der Waals surface area contributed by atoms with Crippen LogP contribution in [-0.2, 0) is 6.42 Å². The van der Waals surface area contributed by atoms with E-state index in [1.54, 1.807) is 24.3 Å². The van der Waals surface area contributed by atoms with Crippen LogP contribution in [-0.4, -0.2) is 12.7 Å². The van der Waals surface area contributed by atoms with Gasteiger partial charge in [-0.1, -0.05) is 55.8 Å². The number of hydrogen-bond acceptors (Lipinski definition) is 5. The Labute approximate surface area is 166 Å². The van der Waals surface area contributed by atoms with Crippen LogP contribution in [0.1, 0.15) is 30.9 Å². The molecule has 2 N–H and O–H groups in total. The molecule has 0 aromatic heterocycles. The van der Waals surface area contributed by atoms with Crippen LogP contribution in [0.3, 0.4) is 0 Å². The van der Waals surface area contributed by atoms with Gasteiger partial charge in [0.25, 0.3) is 0 Å². The lowest BCUT2D eigenvalue weighted by Crippen LogP contribution is -2.43. The Morgan fingerprint density at radius 1 is 0.964 bits per heavy atom. The van der Waals surface area contributed by atoms with Crippen molar-refractivity contribution in [3.63, 3.8) is 0 Å². The predicted molar refractivity (Wildman–Crippen MR) is 111 cm³/mol. The number of nitrogens with two attached hydrogens (primary N) is 1. The van der Waals surface area contributed by atoms with Gasteiger partial charge in [-0.15, -0.1) is 0 Å². The van der Waals surface area contributed by atoms with Crippen LogP contribution in [0.2, 0.25) is 0 Å². The summed E-state index contributed by atoms with van der Waals surface area (Å²) >= 11 is 0. The summed E-state index contributed by atoms with van der Waals surface area (Å²) in [5.74, 6) is 0. The highest BCUT2D eigenvalue weighted by atomic mass is 15.2. The number of benzene rings is 2. The molecule has 0 aliphatic rings. The van der Waals surface area contributed by atoms with E-state index in [9.17, 15) is 5.26 Å². The number of nitriles is 3. The minimum Gasteiger partial charge on any atom is -0.356 e. The first kappa shape index (κ1) is 20.7. The van der Waals surface area contributed by atoms with Crippen molar-refractivity contribution in [2.75, 3.05) is 11.4 Å². The number of anilines is 1. The van der Waals surface area contributed by atoms with Crippen LogP contribution in [0.25, 0.3) is 5.57 Å². The topological polar surface area (TPSA) is 101 Å². The van der Waals surface area contributed by atoms with Crippen LogP contribution < -0.4 is 10.6 Å². The summed E-state index contributed by atoms with van der Waals surface area (Å²) in [6.07, 6.45) is 2.61. The van der Waals surface area contributed by atoms with Gasteiger partial charge in [0.05, 0.1) is 11.7 Å².